The Morgan fingerprint density at radius 1 is 1.36 bits per heavy atom. The van der Waals surface area contributed by atoms with Crippen molar-refractivity contribution in [1.29, 1.82) is 0 Å². The maximum absolute atomic E-state index is 12.7. The van der Waals surface area contributed by atoms with Crippen LogP contribution in [0.25, 0.3) is 0 Å². The molecule has 0 N–H and O–H groups in total. The number of sulfone groups is 1. The van der Waals surface area contributed by atoms with E-state index in [1.54, 1.807) is 6.20 Å². The van der Waals surface area contributed by atoms with Crippen molar-refractivity contribution in [2.75, 3.05) is 19.4 Å². The molecule has 8 nitrogen and oxygen atoms in total. The van der Waals surface area contributed by atoms with Crippen molar-refractivity contribution in [2.45, 2.75) is 64.0 Å². The van der Waals surface area contributed by atoms with Crippen LogP contribution in [0, 0.1) is 6.92 Å². The molecule has 0 unspecified atom stereocenters. The molecule has 1 aliphatic heterocycles. The van der Waals surface area contributed by atoms with E-state index in [4.69, 9.17) is 4.74 Å². The molecule has 9 heteroatoms. The van der Waals surface area contributed by atoms with Crippen LogP contribution < -0.4 is 0 Å². The van der Waals surface area contributed by atoms with Gasteiger partial charge in [-0.05, 0) is 33.2 Å². The second kappa shape index (κ2) is 8.75. The lowest BCUT2D eigenvalue weighted by molar-refractivity contribution is 0.0934. The summed E-state index contributed by atoms with van der Waals surface area (Å²) in [6, 6.07) is 0. The van der Waals surface area contributed by atoms with Crippen LogP contribution in [0.15, 0.2) is 17.6 Å². The molecule has 2 aromatic rings. The number of aryl methyl sites for hydroxylation is 2. The zero-order valence-electron chi connectivity index (χ0n) is 17.3. The lowest BCUT2D eigenvalue weighted by Crippen LogP contribution is -2.25. The minimum atomic E-state index is -3.40. The van der Waals surface area contributed by atoms with Crippen LogP contribution in [0.5, 0.6) is 0 Å². The third-order valence-electron chi connectivity index (χ3n) is 5.05. The molecule has 0 spiro atoms. The highest BCUT2D eigenvalue weighted by atomic mass is 32.2. The van der Waals surface area contributed by atoms with E-state index in [0.717, 1.165) is 42.9 Å². The molecule has 3 heterocycles. The van der Waals surface area contributed by atoms with Gasteiger partial charge in [0.2, 0.25) is 15.0 Å². The molecule has 28 heavy (non-hydrogen) atoms. The van der Waals surface area contributed by atoms with Crippen molar-refractivity contribution in [1.82, 2.24) is 24.2 Å². The van der Waals surface area contributed by atoms with Crippen LogP contribution in [0.1, 0.15) is 43.1 Å². The average molecular weight is 410 g/mol. The van der Waals surface area contributed by atoms with Gasteiger partial charge in [0.25, 0.3) is 0 Å². The summed E-state index contributed by atoms with van der Waals surface area (Å²) in [7, 11) is 0.543. The van der Waals surface area contributed by atoms with E-state index in [2.05, 4.69) is 15.0 Å². The van der Waals surface area contributed by atoms with Gasteiger partial charge in [0.1, 0.15) is 0 Å². The molecule has 0 amide bonds. The SMILES string of the molecule is CCCS(=O)(=O)c1ncc(CN(C)Cc2cn(C)nc2C)n1C[C@@H]1CCCO1. The largest absolute Gasteiger partial charge is 0.376 e. The summed E-state index contributed by atoms with van der Waals surface area (Å²) in [4.78, 5) is 6.46. The van der Waals surface area contributed by atoms with E-state index in [-0.39, 0.29) is 17.0 Å². The second-order valence-corrected chi connectivity index (χ2v) is 9.69. The van der Waals surface area contributed by atoms with Gasteiger partial charge in [-0.1, -0.05) is 6.92 Å². The minimum absolute atomic E-state index is 0.0504. The molecular weight excluding hydrogens is 378 g/mol. The Labute approximate surface area is 167 Å². The summed E-state index contributed by atoms with van der Waals surface area (Å²) < 4.78 is 34.9. The van der Waals surface area contributed by atoms with Gasteiger partial charge >= 0.3 is 0 Å². The molecule has 0 aliphatic carbocycles. The van der Waals surface area contributed by atoms with Crippen LogP contribution in [-0.2, 0) is 41.3 Å². The lowest BCUT2D eigenvalue weighted by Gasteiger charge is -2.20. The molecule has 1 fully saturated rings. The third kappa shape index (κ3) is 4.82. The Hall–Kier alpha value is -1.71. The van der Waals surface area contributed by atoms with Crippen molar-refractivity contribution < 1.29 is 13.2 Å². The van der Waals surface area contributed by atoms with Gasteiger partial charge in [-0.3, -0.25) is 9.58 Å². The van der Waals surface area contributed by atoms with Gasteiger partial charge in [-0.25, -0.2) is 13.4 Å². The van der Waals surface area contributed by atoms with Crippen LogP contribution in [0.3, 0.4) is 0 Å². The molecule has 1 saturated heterocycles. The van der Waals surface area contributed by atoms with Gasteiger partial charge in [0.15, 0.2) is 0 Å². The zero-order chi connectivity index (χ0) is 20.3. The highest BCUT2D eigenvalue weighted by molar-refractivity contribution is 7.91. The first kappa shape index (κ1) is 21.0. The maximum atomic E-state index is 12.7. The van der Waals surface area contributed by atoms with Crippen LogP contribution in [0.4, 0.5) is 0 Å². The predicted octanol–water partition coefficient (Wildman–Crippen LogP) is 1.92. The third-order valence-corrected chi connectivity index (χ3v) is 6.88. The van der Waals surface area contributed by atoms with Crippen molar-refractivity contribution in [3.63, 3.8) is 0 Å². The Bertz CT molecular complexity index is 897. The number of nitrogens with zero attached hydrogens (tertiary/aromatic N) is 5. The van der Waals surface area contributed by atoms with Crippen molar-refractivity contribution >= 4 is 9.84 Å². The number of rotatable bonds is 9. The summed E-state index contributed by atoms with van der Waals surface area (Å²) in [5.74, 6) is 0.111. The highest BCUT2D eigenvalue weighted by Gasteiger charge is 2.26. The molecule has 3 rings (SSSR count). The normalized spacial score (nSPS) is 17.7. The first-order valence-electron chi connectivity index (χ1n) is 9.86. The maximum Gasteiger partial charge on any atom is 0.227 e. The predicted molar refractivity (Wildman–Crippen MR) is 107 cm³/mol. The first-order valence-corrected chi connectivity index (χ1v) is 11.5. The van der Waals surface area contributed by atoms with E-state index in [1.165, 1.54) is 0 Å². The molecule has 1 atom stereocenters. The summed E-state index contributed by atoms with van der Waals surface area (Å²) in [6.45, 7) is 6.49. The molecule has 0 radical (unpaired) electrons. The number of ether oxygens (including phenoxy) is 1. The molecule has 0 saturated carbocycles. The Morgan fingerprint density at radius 3 is 2.75 bits per heavy atom. The van der Waals surface area contributed by atoms with Crippen molar-refractivity contribution in [2.24, 2.45) is 7.05 Å². The molecule has 1 aliphatic rings. The lowest BCUT2D eigenvalue weighted by atomic mass is 10.2. The smallest absolute Gasteiger partial charge is 0.227 e. The Morgan fingerprint density at radius 2 is 2.14 bits per heavy atom. The quantitative estimate of drug-likeness (QED) is 0.629. The first-order chi connectivity index (χ1) is 13.3. The van der Waals surface area contributed by atoms with Gasteiger partial charge in [-0.15, -0.1) is 0 Å². The fraction of sp³-hybridized carbons (Fsp3) is 0.684. The molecule has 0 aromatic carbocycles. The van der Waals surface area contributed by atoms with E-state index in [0.29, 0.717) is 19.5 Å². The van der Waals surface area contributed by atoms with Gasteiger partial charge < -0.3 is 9.30 Å². The van der Waals surface area contributed by atoms with Gasteiger partial charge in [0.05, 0.1) is 36.0 Å². The number of hydrogen-bond donors (Lipinski definition) is 0. The standard InChI is InChI=1S/C19H31N5O3S/c1-5-9-28(25,26)19-20-10-17(24(19)14-18-7-6-8-27-18)13-22(3)11-16-12-23(4)21-15(16)2/h10,12,18H,5-9,11,13-14H2,1-4H3/t18-/m0/s1. The topological polar surface area (TPSA) is 82.3 Å². The van der Waals surface area contributed by atoms with Gasteiger partial charge in [0, 0.05) is 38.5 Å². The second-order valence-electron chi connectivity index (χ2n) is 7.68. The Kier molecular flexibility index (Phi) is 6.57. The Balaban J connectivity index is 1.82. The van der Waals surface area contributed by atoms with Crippen LogP contribution >= 0.6 is 0 Å². The van der Waals surface area contributed by atoms with Crippen molar-refractivity contribution in [3.8, 4) is 0 Å². The van der Waals surface area contributed by atoms with E-state index in [1.807, 2.05) is 43.4 Å². The van der Waals surface area contributed by atoms with E-state index in [9.17, 15) is 8.42 Å². The van der Waals surface area contributed by atoms with Crippen molar-refractivity contribution in [3.05, 3.63) is 29.3 Å². The summed E-state index contributed by atoms with van der Waals surface area (Å²) >= 11 is 0. The van der Waals surface area contributed by atoms with Crippen LogP contribution in [0.2, 0.25) is 0 Å². The summed E-state index contributed by atoms with van der Waals surface area (Å²) in [5.41, 5.74) is 3.07. The van der Waals surface area contributed by atoms with Gasteiger partial charge in [-0.2, -0.15) is 5.10 Å². The molecule has 2 aromatic heterocycles. The molecular formula is C19H31N5O3S. The fourth-order valence-corrected chi connectivity index (χ4v) is 5.20. The summed E-state index contributed by atoms with van der Waals surface area (Å²) in [6.07, 6.45) is 6.32. The zero-order valence-corrected chi connectivity index (χ0v) is 18.1. The number of aromatic nitrogens is 4. The summed E-state index contributed by atoms with van der Waals surface area (Å²) in [5, 5.41) is 4.56. The number of imidazole rings is 1. The number of hydrogen-bond acceptors (Lipinski definition) is 6. The van der Waals surface area contributed by atoms with E-state index < -0.39 is 9.84 Å². The monoisotopic (exact) mass is 409 g/mol. The molecule has 0 bridgehead atoms. The van der Waals surface area contributed by atoms with Crippen LogP contribution in [-0.4, -0.2) is 58.2 Å². The highest BCUT2D eigenvalue weighted by Crippen LogP contribution is 2.21. The minimum Gasteiger partial charge on any atom is -0.376 e. The fourth-order valence-electron chi connectivity index (χ4n) is 3.74. The van der Waals surface area contributed by atoms with E-state index >= 15 is 0 Å². The molecule has 156 valence electrons. The average Bonchev–Trinajstić information content (AvgIpc) is 3.31.